The number of rotatable bonds is 7. The fraction of sp³-hybridized carbons (Fsp3) is 0.929. The van der Waals surface area contributed by atoms with E-state index in [1.807, 2.05) is 11.8 Å². The second kappa shape index (κ2) is 6.02. The number of thioether (sulfide) groups is 1. The molecule has 1 saturated heterocycles. The fourth-order valence-corrected chi connectivity index (χ4v) is 4.43. The third kappa shape index (κ3) is 3.44. The molecule has 1 saturated carbocycles. The highest BCUT2D eigenvalue weighted by Crippen LogP contribution is 2.43. The molecule has 0 bridgehead atoms. The Hall–Kier alpha value is -0.260. The van der Waals surface area contributed by atoms with Crippen LogP contribution in [0.15, 0.2) is 0 Å². The molecule has 110 valence electrons. The summed E-state index contributed by atoms with van der Waals surface area (Å²) in [6.45, 7) is 7.10. The zero-order chi connectivity index (χ0) is 14.0. The van der Waals surface area contributed by atoms with Crippen molar-refractivity contribution in [2.45, 2.75) is 63.0 Å². The van der Waals surface area contributed by atoms with Crippen molar-refractivity contribution in [1.29, 1.82) is 0 Å². The molecule has 2 aliphatic rings. The highest BCUT2D eigenvalue weighted by Gasteiger charge is 2.50. The molecule has 2 fully saturated rings. The van der Waals surface area contributed by atoms with E-state index < -0.39 is 5.54 Å². The van der Waals surface area contributed by atoms with Gasteiger partial charge in [-0.15, -0.1) is 0 Å². The normalized spacial score (nSPS) is 30.5. The molecule has 1 heterocycles. The summed E-state index contributed by atoms with van der Waals surface area (Å²) in [5.74, 6) is 0.990. The number of carbonyl (C=O) groups excluding carboxylic acids is 1. The number of ether oxygens (including phenoxy) is 1. The first-order chi connectivity index (χ1) is 8.95. The minimum Gasteiger partial charge on any atom is -0.377 e. The first kappa shape index (κ1) is 15.1. The minimum absolute atomic E-state index is 0.192. The maximum atomic E-state index is 12.0. The van der Waals surface area contributed by atoms with Gasteiger partial charge in [0.05, 0.1) is 6.10 Å². The van der Waals surface area contributed by atoms with Crippen LogP contribution in [0.1, 0.15) is 40.0 Å². The Labute approximate surface area is 120 Å². The van der Waals surface area contributed by atoms with Crippen molar-refractivity contribution in [2.24, 2.45) is 11.7 Å². The van der Waals surface area contributed by atoms with Gasteiger partial charge in [-0.2, -0.15) is 11.8 Å². The molecule has 4 nitrogen and oxygen atoms in total. The van der Waals surface area contributed by atoms with Crippen molar-refractivity contribution in [2.75, 3.05) is 12.4 Å². The van der Waals surface area contributed by atoms with Crippen LogP contribution in [0.5, 0.6) is 0 Å². The Morgan fingerprint density at radius 2 is 2.16 bits per heavy atom. The Balaban J connectivity index is 2.02. The molecule has 3 unspecified atom stereocenters. The van der Waals surface area contributed by atoms with E-state index in [4.69, 9.17) is 10.5 Å². The number of hydrogen-bond donors (Lipinski definition) is 2. The molecule has 2 rings (SSSR count). The van der Waals surface area contributed by atoms with Gasteiger partial charge in [-0.05, 0) is 46.0 Å². The molecule has 0 aromatic carbocycles. The number of nitrogens with two attached hydrogens (primary N) is 1. The highest BCUT2D eigenvalue weighted by molar-refractivity contribution is 8.00. The van der Waals surface area contributed by atoms with E-state index in [0.717, 1.165) is 31.6 Å². The smallest absolute Gasteiger partial charge is 0.238 e. The monoisotopic (exact) mass is 286 g/mol. The Kier molecular flexibility index (Phi) is 4.79. The lowest BCUT2D eigenvalue weighted by molar-refractivity contribution is -0.124. The Bertz CT molecular complexity index is 333. The molecule has 3 atom stereocenters. The second-order valence-corrected chi connectivity index (χ2v) is 7.35. The maximum absolute atomic E-state index is 12.0. The van der Waals surface area contributed by atoms with Gasteiger partial charge >= 0.3 is 0 Å². The third-order valence-corrected chi connectivity index (χ3v) is 5.76. The van der Waals surface area contributed by atoms with E-state index in [2.05, 4.69) is 26.1 Å². The fourth-order valence-electron chi connectivity index (χ4n) is 2.88. The molecule has 19 heavy (non-hydrogen) atoms. The van der Waals surface area contributed by atoms with Gasteiger partial charge in [-0.25, -0.2) is 0 Å². The van der Waals surface area contributed by atoms with E-state index >= 15 is 0 Å². The van der Waals surface area contributed by atoms with Gasteiger partial charge in [-0.1, -0.05) is 0 Å². The van der Waals surface area contributed by atoms with Gasteiger partial charge in [0.25, 0.3) is 0 Å². The maximum Gasteiger partial charge on any atom is 0.238 e. The summed E-state index contributed by atoms with van der Waals surface area (Å²) < 4.78 is 5.59. The van der Waals surface area contributed by atoms with Crippen molar-refractivity contribution < 1.29 is 9.53 Å². The number of nitrogens with one attached hydrogen (secondary N) is 1. The molecule has 0 radical (unpaired) electrons. The predicted molar refractivity (Wildman–Crippen MR) is 79.2 cm³/mol. The topological polar surface area (TPSA) is 64.3 Å². The summed E-state index contributed by atoms with van der Waals surface area (Å²) in [7, 11) is 0. The summed E-state index contributed by atoms with van der Waals surface area (Å²) in [5.41, 5.74) is 5.21. The molecule has 0 aromatic rings. The lowest BCUT2D eigenvalue weighted by atomic mass is 9.93. The Morgan fingerprint density at radius 1 is 1.47 bits per heavy atom. The Morgan fingerprint density at radius 3 is 2.58 bits per heavy atom. The quantitative estimate of drug-likeness (QED) is 0.745. The van der Waals surface area contributed by atoms with Crippen LogP contribution < -0.4 is 11.1 Å². The summed E-state index contributed by atoms with van der Waals surface area (Å²) in [5, 5.41) is 3.95. The van der Waals surface area contributed by atoms with Crippen molar-refractivity contribution in [1.82, 2.24) is 5.32 Å². The van der Waals surface area contributed by atoms with E-state index in [0.29, 0.717) is 11.2 Å². The molecule has 0 spiro atoms. The van der Waals surface area contributed by atoms with Gasteiger partial charge in [0, 0.05) is 23.7 Å². The highest BCUT2D eigenvalue weighted by atomic mass is 32.2. The number of carbonyl (C=O) groups is 1. The minimum atomic E-state index is -0.527. The SMILES string of the molecule is CC(C)NC(CSC1CCOC1C)(C(N)=O)C1CC1. The van der Waals surface area contributed by atoms with E-state index in [-0.39, 0.29) is 18.1 Å². The van der Waals surface area contributed by atoms with Crippen LogP contribution in [-0.4, -0.2) is 41.2 Å². The molecule has 5 heteroatoms. The average Bonchev–Trinajstić information content (AvgIpc) is 3.09. The van der Waals surface area contributed by atoms with Crippen LogP contribution in [0.25, 0.3) is 0 Å². The van der Waals surface area contributed by atoms with E-state index in [1.165, 1.54) is 0 Å². The zero-order valence-corrected chi connectivity index (χ0v) is 13.0. The van der Waals surface area contributed by atoms with Gasteiger partial charge in [0.15, 0.2) is 0 Å². The zero-order valence-electron chi connectivity index (χ0n) is 12.1. The second-order valence-electron chi connectivity index (χ2n) is 6.12. The van der Waals surface area contributed by atoms with Crippen molar-refractivity contribution in [3.63, 3.8) is 0 Å². The predicted octanol–water partition coefficient (Wildman–Crippen LogP) is 1.53. The van der Waals surface area contributed by atoms with Crippen molar-refractivity contribution in [3.8, 4) is 0 Å². The first-order valence-corrected chi connectivity index (χ1v) is 8.31. The molecular formula is C14H26N2O2S. The van der Waals surface area contributed by atoms with E-state index in [9.17, 15) is 4.79 Å². The third-order valence-electron chi connectivity index (χ3n) is 4.09. The van der Waals surface area contributed by atoms with E-state index in [1.54, 1.807) is 0 Å². The van der Waals surface area contributed by atoms with Gasteiger partial charge in [0.2, 0.25) is 5.91 Å². The molecule has 1 aliphatic heterocycles. The largest absolute Gasteiger partial charge is 0.377 e. The number of hydrogen-bond acceptors (Lipinski definition) is 4. The summed E-state index contributed by atoms with van der Waals surface area (Å²) in [6, 6.07) is 0.269. The van der Waals surface area contributed by atoms with Gasteiger partial charge in [-0.3, -0.25) is 4.79 Å². The molecule has 0 aromatic heterocycles. The van der Waals surface area contributed by atoms with Crippen LogP contribution >= 0.6 is 11.8 Å². The van der Waals surface area contributed by atoms with Crippen LogP contribution in [0, 0.1) is 5.92 Å². The van der Waals surface area contributed by atoms with Crippen molar-refractivity contribution in [3.05, 3.63) is 0 Å². The molecular weight excluding hydrogens is 260 g/mol. The number of amides is 1. The molecule has 1 amide bonds. The standard InChI is InChI=1S/C14H26N2O2S/c1-9(2)16-14(13(15)17,11-4-5-11)8-19-12-6-7-18-10(12)3/h9-12,16H,4-8H2,1-3H3,(H2,15,17). The summed E-state index contributed by atoms with van der Waals surface area (Å²) in [4.78, 5) is 12.0. The molecule has 3 N–H and O–H groups in total. The van der Waals surface area contributed by atoms with Crippen LogP contribution in [0.4, 0.5) is 0 Å². The summed E-state index contributed by atoms with van der Waals surface area (Å²) >= 11 is 1.85. The lowest BCUT2D eigenvalue weighted by Gasteiger charge is -2.35. The first-order valence-electron chi connectivity index (χ1n) is 7.26. The van der Waals surface area contributed by atoms with Crippen molar-refractivity contribution >= 4 is 17.7 Å². The molecule has 1 aliphatic carbocycles. The lowest BCUT2D eigenvalue weighted by Crippen LogP contribution is -2.61. The number of primary amides is 1. The van der Waals surface area contributed by atoms with Gasteiger partial charge < -0.3 is 15.8 Å². The van der Waals surface area contributed by atoms with Crippen LogP contribution in [-0.2, 0) is 9.53 Å². The van der Waals surface area contributed by atoms with Crippen LogP contribution in [0.2, 0.25) is 0 Å². The average molecular weight is 286 g/mol. The van der Waals surface area contributed by atoms with Crippen LogP contribution in [0.3, 0.4) is 0 Å². The summed E-state index contributed by atoms with van der Waals surface area (Å²) in [6.07, 6.45) is 3.58. The van der Waals surface area contributed by atoms with Gasteiger partial charge in [0.1, 0.15) is 5.54 Å².